The van der Waals surface area contributed by atoms with E-state index in [9.17, 15) is 19.5 Å². The number of benzene rings is 2. The van der Waals surface area contributed by atoms with Gasteiger partial charge in [0.15, 0.2) is 0 Å². The van der Waals surface area contributed by atoms with Crippen LogP contribution < -0.4 is 10.6 Å². The van der Waals surface area contributed by atoms with Gasteiger partial charge in [-0.2, -0.15) is 16.9 Å². The SMILES string of the molecule is CSCCC(NC(=O)/C(=C/c1cn(-c2ccccc2)nc1-c1cccnc1)NC(=O)c1ccccc1)C(=O)O. The minimum Gasteiger partial charge on any atom is -0.480 e. The van der Waals surface area contributed by atoms with Crippen LogP contribution in [-0.4, -0.2) is 55.7 Å². The van der Waals surface area contributed by atoms with Crippen molar-refractivity contribution in [3.8, 4) is 16.9 Å². The summed E-state index contributed by atoms with van der Waals surface area (Å²) in [6, 6.07) is 20.4. The molecule has 2 aromatic carbocycles. The maximum atomic E-state index is 13.4. The lowest BCUT2D eigenvalue weighted by molar-refractivity contribution is -0.141. The Balaban J connectivity index is 1.78. The van der Waals surface area contributed by atoms with Gasteiger partial charge in [0, 0.05) is 35.3 Å². The van der Waals surface area contributed by atoms with Crippen LogP contribution in [0, 0.1) is 0 Å². The molecule has 0 aliphatic carbocycles. The first-order chi connectivity index (χ1) is 19.0. The number of hydrogen-bond acceptors (Lipinski definition) is 6. The van der Waals surface area contributed by atoms with Crippen LogP contribution in [0.15, 0.2) is 97.1 Å². The monoisotopic (exact) mass is 541 g/mol. The Morgan fingerprint density at radius 3 is 2.38 bits per heavy atom. The number of carboxylic acid groups (broad SMARTS) is 1. The molecule has 0 aliphatic heterocycles. The molecule has 2 aromatic heterocycles. The highest BCUT2D eigenvalue weighted by molar-refractivity contribution is 7.98. The molecule has 0 bridgehead atoms. The van der Waals surface area contributed by atoms with Crippen molar-refractivity contribution < 1.29 is 19.5 Å². The molecule has 39 heavy (non-hydrogen) atoms. The Kier molecular flexibility index (Phi) is 9.25. The van der Waals surface area contributed by atoms with Crippen molar-refractivity contribution in [1.82, 2.24) is 25.4 Å². The third-order valence-corrected chi connectivity index (χ3v) is 6.38. The molecule has 4 rings (SSSR count). The van der Waals surface area contributed by atoms with Gasteiger partial charge in [0.2, 0.25) is 0 Å². The van der Waals surface area contributed by atoms with Crippen LogP contribution in [-0.2, 0) is 9.59 Å². The van der Waals surface area contributed by atoms with E-state index in [1.54, 1.807) is 59.7 Å². The van der Waals surface area contributed by atoms with Gasteiger partial charge < -0.3 is 15.7 Å². The molecule has 0 saturated heterocycles. The van der Waals surface area contributed by atoms with Crippen LogP contribution in [0.5, 0.6) is 0 Å². The van der Waals surface area contributed by atoms with Crippen LogP contribution >= 0.6 is 11.8 Å². The van der Waals surface area contributed by atoms with Gasteiger partial charge >= 0.3 is 5.97 Å². The van der Waals surface area contributed by atoms with Crippen LogP contribution in [0.3, 0.4) is 0 Å². The number of rotatable bonds is 11. The molecular formula is C29H27N5O4S. The van der Waals surface area contributed by atoms with E-state index in [1.165, 1.54) is 17.8 Å². The van der Waals surface area contributed by atoms with Crippen molar-refractivity contribution in [2.24, 2.45) is 0 Å². The van der Waals surface area contributed by atoms with E-state index in [2.05, 4.69) is 15.6 Å². The molecule has 9 nitrogen and oxygen atoms in total. The second kappa shape index (κ2) is 13.2. The van der Waals surface area contributed by atoms with Gasteiger partial charge in [0.05, 0.1) is 5.69 Å². The summed E-state index contributed by atoms with van der Waals surface area (Å²) >= 11 is 1.48. The van der Waals surface area contributed by atoms with E-state index >= 15 is 0 Å². The normalized spacial score (nSPS) is 12.0. The number of thioether (sulfide) groups is 1. The van der Waals surface area contributed by atoms with E-state index in [0.717, 1.165) is 5.69 Å². The summed E-state index contributed by atoms with van der Waals surface area (Å²) in [5, 5.41) is 19.6. The number of carbonyl (C=O) groups excluding carboxylic acids is 2. The van der Waals surface area contributed by atoms with E-state index in [-0.39, 0.29) is 12.1 Å². The van der Waals surface area contributed by atoms with Gasteiger partial charge in [-0.05, 0) is 60.9 Å². The fourth-order valence-electron chi connectivity index (χ4n) is 3.76. The Morgan fingerprint density at radius 2 is 1.74 bits per heavy atom. The number of carbonyl (C=O) groups is 3. The minimum atomic E-state index is -1.15. The molecule has 3 N–H and O–H groups in total. The molecule has 10 heteroatoms. The van der Waals surface area contributed by atoms with Crippen LogP contribution in [0.4, 0.5) is 0 Å². The van der Waals surface area contributed by atoms with E-state index < -0.39 is 23.8 Å². The second-order valence-electron chi connectivity index (χ2n) is 8.48. The van der Waals surface area contributed by atoms with Crippen molar-refractivity contribution in [3.63, 3.8) is 0 Å². The Labute approximate surface area is 230 Å². The van der Waals surface area contributed by atoms with Gasteiger partial charge in [-0.15, -0.1) is 0 Å². The molecule has 0 fully saturated rings. The lowest BCUT2D eigenvalue weighted by Gasteiger charge is -2.16. The average Bonchev–Trinajstić information content (AvgIpc) is 3.40. The Bertz CT molecular complexity index is 1460. The fraction of sp³-hybridized carbons (Fsp3) is 0.138. The Hall–Kier alpha value is -4.70. The molecule has 198 valence electrons. The summed E-state index contributed by atoms with van der Waals surface area (Å²) < 4.78 is 1.67. The van der Waals surface area contributed by atoms with Gasteiger partial charge in [-0.3, -0.25) is 14.6 Å². The van der Waals surface area contributed by atoms with Gasteiger partial charge in [0.1, 0.15) is 17.4 Å². The summed E-state index contributed by atoms with van der Waals surface area (Å²) in [4.78, 5) is 42.5. The topological polar surface area (TPSA) is 126 Å². The molecule has 4 aromatic rings. The molecule has 0 saturated carbocycles. The molecule has 2 heterocycles. The number of amides is 2. The van der Waals surface area contributed by atoms with Crippen molar-refractivity contribution >= 4 is 35.6 Å². The summed E-state index contributed by atoms with van der Waals surface area (Å²) in [6.07, 6.45) is 8.62. The van der Waals surface area contributed by atoms with Crippen LogP contribution in [0.2, 0.25) is 0 Å². The maximum absolute atomic E-state index is 13.4. The van der Waals surface area contributed by atoms with Gasteiger partial charge in [0.25, 0.3) is 11.8 Å². The quantitative estimate of drug-likeness (QED) is 0.245. The molecule has 1 atom stereocenters. The largest absolute Gasteiger partial charge is 0.480 e. The van der Waals surface area contributed by atoms with Crippen LogP contribution in [0.1, 0.15) is 22.3 Å². The van der Waals surface area contributed by atoms with Crippen molar-refractivity contribution in [2.45, 2.75) is 12.5 Å². The van der Waals surface area contributed by atoms with E-state index in [1.807, 2.05) is 42.7 Å². The van der Waals surface area contributed by atoms with E-state index in [4.69, 9.17) is 5.10 Å². The number of para-hydroxylation sites is 1. The first kappa shape index (κ1) is 27.3. The number of pyridine rings is 1. The van der Waals surface area contributed by atoms with Crippen molar-refractivity contribution in [1.29, 1.82) is 0 Å². The third-order valence-electron chi connectivity index (χ3n) is 5.74. The maximum Gasteiger partial charge on any atom is 0.326 e. The predicted octanol–water partition coefficient (Wildman–Crippen LogP) is 4.03. The van der Waals surface area contributed by atoms with Gasteiger partial charge in [-0.25, -0.2) is 9.48 Å². The summed E-state index contributed by atoms with van der Waals surface area (Å²) in [5.74, 6) is -1.84. The number of hydrogen-bond donors (Lipinski definition) is 3. The van der Waals surface area contributed by atoms with Crippen molar-refractivity contribution in [2.75, 3.05) is 12.0 Å². The van der Waals surface area contributed by atoms with Crippen LogP contribution in [0.25, 0.3) is 23.0 Å². The summed E-state index contributed by atoms with van der Waals surface area (Å²) in [5.41, 5.74) is 2.79. The highest BCUT2D eigenvalue weighted by Crippen LogP contribution is 2.25. The second-order valence-corrected chi connectivity index (χ2v) is 9.46. The molecule has 1 unspecified atom stereocenters. The standard InChI is InChI=1S/C29H27N5O4S/c1-39-16-14-24(29(37)38)31-28(36)25(32-27(35)20-9-4-2-5-10-20)17-22-19-34(23-12-6-3-7-13-23)33-26(22)21-11-8-15-30-18-21/h2-13,15,17-19,24H,14,16H2,1H3,(H,31,36)(H,32,35)(H,37,38)/b25-17-. The highest BCUT2D eigenvalue weighted by Gasteiger charge is 2.24. The lowest BCUT2D eigenvalue weighted by atomic mass is 10.1. The zero-order valence-corrected chi connectivity index (χ0v) is 22.0. The molecule has 0 aliphatic rings. The summed E-state index contributed by atoms with van der Waals surface area (Å²) in [7, 11) is 0. The number of aliphatic carboxylic acids is 1. The average molecular weight is 542 g/mol. The number of nitrogens with zero attached hydrogens (tertiary/aromatic N) is 3. The Morgan fingerprint density at radius 1 is 1.03 bits per heavy atom. The lowest BCUT2D eigenvalue weighted by Crippen LogP contribution is -2.44. The molecule has 2 amide bonds. The third kappa shape index (κ3) is 7.20. The van der Waals surface area contributed by atoms with E-state index in [0.29, 0.717) is 28.1 Å². The highest BCUT2D eigenvalue weighted by atomic mass is 32.2. The minimum absolute atomic E-state index is 0.114. The summed E-state index contributed by atoms with van der Waals surface area (Å²) in [6.45, 7) is 0. The number of aromatic nitrogens is 3. The first-order valence-corrected chi connectivity index (χ1v) is 13.5. The zero-order chi connectivity index (χ0) is 27.6. The number of carboxylic acids is 1. The molecule has 0 spiro atoms. The van der Waals surface area contributed by atoms with Crippen molar-refractivity contribution in [3.05, 3.63) is 108 Å². The first-order valence-electron chi connectivity index (χ1n) is 12.1. The fourth-order valence-corrected chi connectivity index (χ4v) is 4.23. The number of nitrogens with one attached hydrogen (secondary N) is 2. The zero-order valence-electron chi connectivity index (χ0n) is 21.2. The smallest absolute Gasteiger partial charge is 0.326 e. The predicted molar refractivity (Wildman–Crippen MR) is 151 cm³/mol. The molecule has 0 radical (unpaired) electrons. The van der Waals surface area contributed by atoms with Gasteiger partial charge in [-0.1, -0.05) is 36.4 Å². The molecular weight excluding hydrogens is 514 g/mol.